The largest absolute Gasteiger partial charge is 0.356 e. The van der Waals surface area contributed by atoms with Crippen molar-refractivity contribution in [1.82, 2.24) is 15.5 Å². The van der Waals surface area contributed by atoms with Crippen molar-refractivity contribution in [2.45, 2.75) is 26.2 Å². The van der Waals surface area contributed by atoms with E-state index in [0.29, 0.717) is 5.56 Å². The standard InChI is InChI=1S/C17H28N4O.HI/c1-5-6-12-21(4)17(19-3)20-11-10-14-8-7-9-15(13-14)16(22)18-2;/h7-9,13H,5-6,10-12H2,1-4H3,(H,18,22)(H,19,20);1H. The fourth-order valence-electron chi connectivity index (χ4n) is 2.22. The van der Waals surface area contributed by atoms with E-state index in [0.717, 1.165) is 37.5 Å². The predicted octanol–water partition coefficient (Wildman–Crippen LogP) is 2.51. The average molecular weight is 432 g/mol. The Morgan fingerprint density at radius 3 is 2.70 bits per heavy atom. The monoisotopic (exact) mass is 432 g/mol. The first kappa shape index (κ1) is 21.7. The number of guanidine groups is 1. The lowest BCUT2D eigenvalue weighted by Crippen LogP contribution is -2.40. The van der Waals surface area contributed by atoms with Gasteiger partial charge in [-0.05, 0) is 30.5 Å². The molecule has 0 aliphatic heterocycles. The summed E-state index contributed by atoms with van der Waals surface area (Å²) in [7, 11) is 5.50. The summed E-state index contributed by atoms with van der Waals surface area (Å²) in [6, 6.07) is 7.72. The molecule has 0 saturated heterocycles. The van der Waals surface area contributed by atoms with E-state index >= 15 is 0 Å². The molecule has 0 aliphatic rings. The van der Waals surface area contributed by atoms with E-state index in [9.17, 15) is 4.79 Å². The summed E-state index contributed by atoms with van der Waals surface area (Å²) in [5.41, 5.74) is 1.84. The highest BCUT2D eigenvalue weighted by Crippen LogP contribution is 2.05. The molecule has 0 spiro atoms. The molecule has 1 aromatic rings. The summed E-state index contributed by atoms with van der Waals surface area (Å²) < 4.78 is 0. The van der Waals surface area contributed by atoms with Gasteiger partial charge in [0.15, 0.2) is 5.96 Å². The number of rotatable bonds is 7. The molecule has 0 aromatic heterocycles. The van der Waals surface area contributed by atoms with Gasteiger partial charge in [-0.1, -0.05) is 25.5 Å². The molecule has 1 rings (SSSR count). The van der Waals surface area contributed by atoms with Crippen LogP contribution in [0.25, 0.3) is 0 Å². The van der Waals surface area contributed by atoms with Gasteiger partial charge < -0.3 is 15.5 Å². The second-order valence-corrected chi connectivity index (χ2v) is 5.28. The van der Waals surface area contributed by atoms with E-state index in [1.165, 1.54) is 6.42 Å². The molecule has 0 atom stereocenters. The molecule has 0 heterocycles. The lowest BCUT2D eigenvalue weighted by molar-refractivity contribution is 0.0963. The molecule has 23 heavy (non-hydrogen) atoms. The van der Waals surface area contributed by atoms with Crippen molar-refractivity contribution in [3.63, 3.8) is 0 Å². The molecule has 0 saturated carbocycles. The van der Waals surface area contributed by atoms with Crippen LogP contribution in [0.15, 0.2) is 29.3 Å². The van der Waals surface area contributed by atoms with Gasteiger partial charge in [-0.3, -0.25) is 9.79 Å². The molecule has 0 fully saturated rings. The molecule has 6 heteroatoms. The van der Waals surface area contributed by atoms with Crippen LogP contribution in [-0.4, -0.2) is 51.0 Å². The lowest BCUT2D eigenvalue weighted by Gasteiger charge is -2.21. The number of benzene rings is 1. The Labute approximate surface area is 157 Å². The quantitative estimate of drug-likeness (QED) is 0.396. The Hall–Kier alpha value is -1.31. The van der Waals surface area contributed by atoms with Crippen molar-refractivity contribution in [1.29, 1.82) is 0 Å². The minimum Gasteiger partial charge on any atom is -0.356 e. The zero-order valence-electron chi connectivity index (χ0n) is 14.6. The topological polar surface area (TPSA) is 56.7 Å². The molecule has 0 aliphatic carbocycles. The molecule has 0 radical (unpaired) electrons. The number of hydrogen-bond donors (Lipinski definition) is 2. The van der Waals surface area contributed by atoms with Crippen LogP contribution in [0.4, 0.5) is 0 Å². The third-order valence-corrected chi connectivity index (χ3v) is 3.53. The third-order valence-electron chi connectivity index (χ3n) is 3.53. The Morgan fingerprint density at radius 2 is 2.09 bits per heavy atom. The first-order chi connectivity index (χ1) is 10.6. The van der Waals surface area contributed by atoms with Crippen LogP contribution in [0.5, 0.6) is 0 Å². The molecular formula is C17H29IN4O. The molecule has 0 bridgehead atoms. The maximum absolute atomic E-state index is 11.6. The minimum absolute atomic E-state index is 0. The van der Waals surface area contributed by atoms with E-state index in [1.54, 1.807) is 14.1 Å². The first-order valence-corrected chi connectivity index (χ1v) is 7.85. The summed E-state index contributed by atoms with van der Waals surface area (Å²) in [6.07, 6.45) is 3.18. The fourth-order valence-corrected chi connectivity index (χ4v) is 2.22. The van der Waals surface area contributed by atoms with E-state index < -0.39 is 0 Å². The van der Waals surface area contributed by atoms with Gasteiger partial charge in [-0.25, -0.2) is 0 Å². The number of halogens is 1. The van der Waals surface area contributed by atoms with Gasteiger partial charge in [0.25, 0.3) is 5.91 Å². The number of aliphatic imine (C=N–C) groups is 1. The number of amides is 1. The zero-order chi connectivity index (χ0) is 16.4. The van der Waals surface area contributed by atoms with Crippen molar-refractivity contribution in [2.24, 2.45) is 4.99 Å². The van der Waals surface area contributed by atoms with Gasteiger partial charge in [0.05, 0.1) is 0 Å². The number of nitrogens with one attached hydrogen (secondary N) is 2. The number of carbonyl (C=O) groups excluding carboxylic acids is 1. The van der Waals surface area contributed by atoms with Gasteiger partial charge in [0.2, 0.25) is 0 Å². The van der Waals surface area contributed by atoms with Crippen molar-refractivity contribution in [3.8, 4) is 0 Å². The minimum atomic E-state index is -0.0510. The zero-order valence-corrected chi connectivity index (χ0v) is 16.9. The van der Waals surface area contributed by atoms with E-state index in [4.69, 9.17) is 0 Å². The number of nitrogens with zero attached hydrogens (tertiary/aromatic N) is 2. The van der Waals surface area contributed by atoms with Crippen LogP contribution in [0, 0.1) is 0 Å². The summed E-state index contributed by atoms with van der Waals surface area (Å²) in [5.74, 6) is 0.862. The third kappa shape index (κ3) is 7.67. The molecule has 5 nitrogen and oxygen atoms in total. The average Bonchev–Trinajstić information content (AvgIpc) is 2.56. The van der Waals surface area contributed by atoms with Crippen LogP contribution < -0.4 is 10.6 Å². The number of hydrogen-bond acceptors (Lipinski definition) is 2. The first-order valence-electron chi connectivity index (χ1n) is 7.85. The smallest absolute Gasteiger partial charge is 0.251 e. The molecule has 1 aromatic carbocycles. The van der Waals surface area contributed by atoms with Gasteiger partial charge in [0.1, 0.15) is 0 Å². The number of carbonyl (C=O) groups is 1. The van der Waals surface area contributed by atoms with Crippen molar-refractivity contribution >= 4 is 35.8 Å². The summed E-state index contributed by atoms with van der Waals surface area (Å²) in [6.45, 7) is 3.98. The summed E-state index contributed by atoms with van der Waals surface area (Å²) >= 11 is 0. The van der Waals surface area contributed by atoms with E-state index in [-0.39, 0.29) is 29.9 Å². The van der Waals surface area contributed by atoms with Crippen molar-refractivity contribution < 1.29 is 4.79 Å². The summed E-state index contributed by atoms with van der Waals surface area (Å²) in [5, 5.41) is 6.01. The number of unbranched alkanes of at least 4 members (excludes halogenated alkanes) is 1. The van der Waals surface area contributed by atoms with Crippen LogP contribution >= 0.6 is 24.0 Å². The fraction of sp³-hybridized carbons (Fsp3) is 0.529. The molecule has 1 amide bonds. The SMILES string of the molecule is CCCCN(C)C(=NC)NCCc1cccc(C(=O)NC)c1.I. The van der Waals surface area contributed by atoms with Gasteiger partial charge in [-0.15, -0.1) is 24.0 Å². The van der Waals surface area contributed by atoms with E-state index in [2.05, 4.69) is 34.5 Å². The normalized spacial score (nSPS) is 10.7. The molecule has 0 unspecified atom stereocenters. The van der Waals surface area contributed by atoms with Gasteiger partial charge >= 0.3 is 0 Å². The van der Waals surface area contributed by atoms with Crippen molar-refractivity contribution in [2.75, 3.05) is 34.2 Å². The van der Waals surface area contributed by atoms with Gasteiger partial charge in [-0.2, -0.15) is 0 Å². The van der Waals surface area contributed by atoms with E-state index in [1.807, 2.05) is 24.3 Å². The maximum Gasteiger partial charge on any atom is 0.251 e. The maximum atomic E-state index is 11.6. The Kier molecular flexibility index (Phi) is 11.5. The Morgan fingerprint density at radius 1 is 1.35 bits per heavy atom. The van der Waals surface area contributed by atoms with Crippen LogP contribution in [0.1, 0.15) is 35.7 Å². The second kappa shape index (κ2) is 12.2. The molecule has 2 N–H and O–H groups in total. The molecular weight excluding hydrogens is 403 g/mol. The van der Waals surface area contributed by atoms with Crippen molar-refractivity contribution in [3.05, 3.63) is 35.4 Å². The van der Waals surface area contributed by atoms with Crippen LogP contribution in [-0.2, 0) is 6.42 Å². The Bertz CT molecular complexity index is 505. The lowest BCUT2D eigenvalue weighted by atomic mass is 10.1. The molecule has 130 valence electrons. The van der Waals surface area contributed by atoms with Gasteiger partial charge in [0, 0.05) is 39.8 Å². The summed E-state index contributed by atoms with van der Waals surface area (Å²) in [4.78, 5) is 18.1. The predicted molar refractivity (Wildman–Crippen MR) is 108 cm³/mol. The highest BCUT2D eigenvalue weighted by Gasteiger charge is 2.06. The highest BCUT2D eigenvalue weighted by molar-refractivity contribution is 14.0. The Balaban J connectivity index is 0.00000484. The van der Waals surface area contributed by atoms with Crippen LogP contribution in [0.3, 0.4) is 0 Å². The van der Waals surface area contributed by atoms with Crippen LogP contribution in [0.2, 0.25) is 0 Å². The highest BCUT2D eigenvalue weighted by atomic mass is 127. The second-order valence-electron chi connectivity index (χ2n) is 5.28.